The predicted octanol–water partition coefficient (Wildman–Crippen LogP) is 2.95. The summed E-state index contributed by atoms with van der Waals surface area (Å²) in [5, 5.41) is 2.79. The molecule has 2 aromatic rings. The smallest absolute Gasteiger partial charge is 0.247 e. The number of ether oxygens (including phenoxy) is 1. The largest absolute Gasteiger partial charge is 0.490 e. The van der Waals surface area contributed by atoms with Gasteiger partial charge in [0.05, 0.1) is 11.9 Å². The molecule has 0 aromatic heterocycles. The number of piperidine rings is 1. The molecule has 0 bridgehead atoms. The maximum absolute atomic E-state index is 12.8. The first-order chi connectivity index (χ1) is 14.2. The van der Waals surface area contributed by atoms with Crippen LogP contribution in [0.4, 0.5) is 11.4 Å². The van der Waals surface area contributed by atoms with Crippen molar-refractivity contribution < 1.29 is 17.9 Å². The second kappa shape index (κ2) is 9.49. The van der Waals surface area contributed by atoms with Crippen LogP contribution < -0.4 is 14.4 Å². The molecule has 3 rings (SSSR count). The van der Waals surface area contributed by atoms with E-state index in [0.717, 1.165) is 42.2 Å². The minimum Gasteiger partial charge on any atom is -0.490 e. The average Bonchev–Trinajstić information content (AvgIpc) is 2.71. The van der Waals surface area contributed by atoms with E-state index in [1.807, 2.05) is 12.1 Å². The van der Waals surface area contributed by atoms with Crippen molar-refractivity contribution in [2.45, 2.75) is 31.9 Å². The van der Waals surface area contributed by atoms with Crippen LogP contribution in [0, 0.1) is 0 Å². The van der Waals surface area contributed by atoms with Crippen LogP contribution >= 0.6 is 0 Å². The van der Waals surface area contributed by atoms with E-state index in [1.54, 1.807) is 49.4 Å². The third kappa shape index (κ3) is 5.73. The Labute approximate surface area is 178 Å². The zero-order valence-corrected chi connectivity index (χ0v) is 18.4. The number of nitrogens with one attached hydrogen (secondary N) is 1. The Balaban J connectivity index is 1.64. The van der Waals surface area contributed by atoms with Crippen LogP contribution in [-0.2, 0) is 14.8 Å². The minimum absolute atomic E-state index is 0.204. The van der Waals surface area contributed by atoms with E-state index in [-0.39, 0.29) is 6.10 Å². The summed E-state index contributed by atoms with van der Waals surface area (Å²) in [6.45, 7) is 3.62. The number of nitrogens with zero attached hydrogens (tertiary/aromatic N) is 2. The Hall–Kier alpha value is -2.58. The Morgan fingerprint density at radius 3 is 2.27 bits per heavy atom. The van der Waals surface area contributed by atoms with Gasteiger partial charge in [-0.2, -0.15) is 0 Å². The molecule has 162 valence electrons. The summed E-state index contributed by atoms with van der Waals surface area (Å²) in [5.74, 6) is 0.353. The van der Waals surface area contributed by atoms with Crippen LogP contribution in [0.1, 0.15) is 19.8 Å². The Morgan fingerprint density at radius 2 is 1.70 bits per heavy atom. The second-order valence-corrected chi connectivity index (χ2v) is 9.56. The van der Waals surface area contributed by atoms with Crippen molar-refractivity contribution in [3.05, 3.63) is 54.6 Å². The highest BCUT2D eigenvalue weighted by Crippen LogP contribution is 2.23. The lowest BCUT2D eigenvalue weighted by molar-refractivity contribution is -0.116. The Bertz CT molecular complexity index is 940. The van der Waals surface area contributed by atoms with Crippen molar-refractivity contribution in [3.63, 3.8) is 0 Å². The highest BCUT2D eigenvalue weighted by molar-refractivity contribution is 7.92. The third-order valence-electron chi connectivity index (χ3n) is 5.19. The molecule has 7 nitrogen and oxygen atoms in total. The maximum Gasteiger partial charge on any atom is 0.247 e. The molecule has 1 N–H and O–H groups in total. The molecule has 0 saturated carbocycles. The van der Waals surface area contributed by atoms with Crippen molar-refractivity contribution in [2.75, 3.05) is 36.0 Å². The number of carbonyl (C=O) groups excluding carboxylic acids is 1. The zero-order valence-electron chi connectivity index (χ0n) is 17.6. The van der Waals surface area contributed by atoms with Crippen molar-refractivity contribution in [1.29, 1.82) is 0 Å². The summed E-state index contributed by atoms with van der Waals surface area (Å²) >= 11 is 0. The van der Waals surface area contributed by atoms with Gasteiger partial charge < -0.3 is 15.0 Å². The molecule has 1 fully saturated rings. The number of carbonyl (C=O) groups is 1. The summed E-state index contributed by atoms with van der Waals surface area (Å²) < 4.78 is 31.8. The van der Waals surface area contributed by atoms with Crippen LogP contribution in [0.5, 0.6) is 5.75 Å². The lowest BCUT2D eigenvalue weighted by Gasteiger charge is -2.29. The van der Waals surface area contributed by atoms with Gasteiger partial charge in [0, 0.05) is 18.8 Å². The van der Waals surface area contributed by atoms with Gasteiger partial charge in [-0.15, -0.1) is 0 Å². The first kappa shape index (κ1) is 22.1. The molecule has 8 heteroatoms. The van der Waals surface area contributed by atoms with Gasteiger partial charge in [0.2, 0.25) is 15.9 Å². The molecular weight excluding hydrogens is 402 g/mol. The molecular formula is C22H29N3O4S. The summed E-state index contributed by atoms with van der Waals surface area (Å²) in [4.78, 5) is 15.0. The number of benzene rings is 2. The van der Waals surface area contributed by atoms with Crippen molar-refractivity contribution in [3.8, 4) is 5.75 Å². The van der Waals surface area contributed by atoms with E-state index >= 15 is 0 Å². The van der Waals surface area contributed by atoms with E-state index in [0.29, 0.717) is 11.4 Å². The summed E-state index contributed by atoms with van der Waals surface area (Å²) in [5.41, 5.74) is 1.04. The molecule has 30 heavy (non-hydrogen) atoms. The fourth-order valence-electron chi connectivity index (χ4n) is 3.54. The molecule has 1 atom stereocenters. The average molecular weight is 432 g/mol. The highest BCUT2D eigenvalue weighted by atomic mass is 32.2. The van der Waals surface area contributed by atoms with Gasteiger partial charge in [0.15, 0.2) is 0 Å². The molecule has 0 aliphatic carbocycles. The van der Waals surface area contributed by atoms with Crippen molar-refractivity contribution in [1.82, 2.24) is 4.90 Å². The van der Waals surface area contributed by atoms with Crippen molar-refractivity contribution >= 4 is 27.3 Å². The fraction of sp³-hybridized carbons (Fsp3) is 0.409. The molecule has 1 amide bonds. The minimum atomic E-state index is -3.63. The van der Waals surface area contributed by atoms with Crippen LogP contribution in [0.25, 0.3) is 0 Å². The van der Waals surface area contributed by atoms with E-state index in [4.69, 9.17) is 4.74 Å². The highest BCUT2D eigenvalue weighted by Gasteiger charge is 2.29. The number of rotatable bonds is 7. The number of hydrogen-bond acceptors (Lipinski definition) is 5. The van der Waals surface area contributed by atoms with Gasteiger partial charge in [-0.3, -0.25) is 9.10 Å². The van der Waals surface area contributed by atoms with Gasteiger partial charge in [-0.05, 0) is 63.2 Å². The molecule has 0 unspecified atom stereocenters. The lowest BCUT2D eigenvalue weighted by atomic mass is 10.1. The van der Waals surface area contributed by atoms with Crippen LogP contribution in [0.2, 0.25) is 0 Å². The zero-order chi connectivity index (χ0) is 21.7. The fourth-order valence-corrected chi connectivity index (χ4v) is 4.72. The summed E-state index contributed by atoms with van der Waals surface area (Å²) in [6, 6.07) is 14.9. The van der Waals surface area contributed by atoms with Gasteiger partial charge in [0.25, 0.3) is 0 Å². The molecule has 1 heterocycles. The molecule has 2 aromatic carbocycles. The quantitative estimate of drug-likeness (QED) is 0.729. The second-order valence-electron chi connectivity index (χ2n) is 7.70. The first-order valence-electron chi connectivity index (χ1n) is 10.0. The number of anilines is 2. The van der Waals surface area contributed by atoms with Crippen LogP contribution in [0.15, 0.2) is 54.6 Å². The van der Waals surface area contributed by atoms with Crippen LogP contribution in [-0.4, -0.2) is 57.8 Å². The van der Waals surface area contributed by atoms with Gasteiger partial charge in [0.1, 0.15) is 17.9 Å². The van der Waals surface area contributed by atoms with E-state index in [9.17, 15) is 13.2 Å². The standard InChI is InChI=1S/C22H29N3O4S/c1-17(25(30(3,27)28)19-7-5-4-6-8-19)22(26)23-18-9-11-20(12-10-18)29-21-13-15-24(2)16-14-21/h4-12,17,21H,13-16H2,1-3H3,(H,23,26)/t17-/m0/s1. The molecule has 1 aliphatic heterocycles. The lowest BCUT2D eigenvalue weighted by Crippen LogP contribution is -2.45. The number of hydrogen-bond donors (Lipinski definition) is 1. The number of amides is 1. The normalized spacial score (nSPS) is 16.6. The van der Waals surface area contributed by atoms with Crippen molar-refractivity contribution in [2.24, 2.45) is 0 Å². The Kier molecular flexibility index (Phi) is 6.99. The number of sulfonamides is 1. The molecule has 0 spiro atoms. The van der Waals surface area contributed by atoms with Gasteiger partial charge in [-0.25, -0.2) is 8.42 Å². The number of para-hydroxylation sites is 1. The van der Waals surface area contributed by atoms with Crippen LogP contribution in [0.3, 0.4) is 0 Å². The number of likely N-dealkylation sites (tertiary alicyclic amines) is 1. The van der Waals surface area contributed by atoms with Gasteiger partial charge in [-0.1, -0.05) is 18.2 Å². The topological polar surface area (TPSA) is 79.0 Å². The van der Waals surface area contributed by atoms with E-state index in [2.05, 4.69) is 17.3 Å². The third-order valence-corrected chi connectivity index (χ3v) is 6.43. The summed E-state index contributed by atoms with van der Waals surface area (Å²) in [6.07, 6.45) is 3.29. The van der Waals surface area contributed by atoms with E-state index < -0.39 is 22.0 Å². The Morgan fingerprint density at radius 1 is 1.10 bits per heavy atom. The predicted molar refractivity (Wildman–Crippen MR) is 119 cm³/mol. The van der Waals surface area contributed by atoms with Gasteiger partial charge >= 0.3 is 0 Å². The summed E-state index contributed by atoms with van der Waals surface area (Å²) in [7, 11) is -1.52. The first-order valence-corrected chi connectivity index (χ1v) is 11.9. The maximum atomic E-state index is 12.8. The SMILES string of the molecule is C[C@@H](C(=O)Nc1ccc(OC2CCN(C)CC2)cc1)N(c1ccccc1)S(C)(=O)=O. The monoisotopic (exact) mass is 431 g/mol. The molecule has 0 radical (unpaired) electrons. The molecule has 1 saturated heterocycles. The molecule has 1 aliphatic rings. The van der Waals surface area contributed by atoms with E-state index in [1.165, 1.54) is 0 Å².